The maximum absolute atomic E-state index is 11.7. The lowest BCUT2D eigenvalue weighted by Crippen LogP contribution is -2.32. The number of carbonyl (C=O) groups is 2. The Labute approximate surface area is 91.2 Å². The van der Waals surface area contributed by atoms with Crippen LogP contribution in [0.25, 0.3) is 0 Å². The van der Waals surface area contributed by atoms with Crippen molar-refractivity contribution in [2.24, 2.45) is 17.8 Å². The van der Waals surface area contributed by atoms with Gasteiger partial charge in [0.15, 0.2) is 0 Å². The maximum Gasteiger partial charge on any atom is 0.308 e. The number of Topliss-reactive ketones (excluding diaryl/α,β-unsaturated/α-hetero) is 1. The van der Waals surface area contributed by atoms with Gasteiger partial charge in [0.05, 0.1) is 13.0 Å². The van der Waals surface area contributed by atoms with Crippen LogP contribution in [0.2, 0.25) is 0 Å². The lowest BCUT2D eigenvalue weighted by Gasteiger charge is -2.29. The molecule has 0 amide bonds. The van der Waals surface area contributed by atoms with Crippen LogP contribution in [0.1, 0.15) is 39.5 Å². The molecule has 0 N–H and O–H groups in total. The first kappa shape index (κ1) is 12.2. The van der Waals surface area contributed by atoms with Crippen LogP contribution in [-0.2, 0) is 14.3 Å². The molecule has 0 radical (unpaired) electrons. The van der Waals surface area contributed by atoms with E-state index in [1.54, 1.807) is 0 Å². The summed E-state index contributed by atoms with van der Waals surface area (Å²) in [5.41, 5.74) is 0. The second kappa shape index (κ2) is 5.29. The largest absolute Gasteiger partial charge is 0.469 e. The number of esters is 1. The molecular formula is C12H20O3. The number of ketones is 1. The molecule has 15 heavy (non-hydrogen) atoms. The lowest BCUT2D eigenvalue weighted by atomic mass is 9.75. The standard InChI is InChI=1S/C12H20O3/c1-8(9(2)12(14)15-3)10-6-4-5-7-11(10)13/h8-10H,4-7H2,1-3H3. The van der Waals surface area contributed by atoms with Gasteiger partial charge in [0.25, 0.3) is 0 Å². The number of rotatable bonds is 3. The van der Waals surface area contributed by atoms with Gasteiger partial charge in [0.1, 0.15) is 5.78 Å². The average Bonchev–Trinajstić information content (AvgIpc) is 2.26. The highest BCUT2D eigenvalue weighted by Crippen LogP contribution is 2.31. The fraction of sp³-hybridized carbons (Fsp3) is 0.833. The molecule has 3 unspecified atom stereocenters. The van der Waals surface area contributed by atoms with Crippen molar-refractivity contribution >= 4 is 11.8 Å². The van der Waals surface area contributed by atoms with Gasteiger partial charge in [0, 0.05) is 12.3 Å². The quantitative estimate of drug-likeness (QED) is 0.673. The molecule has 1 fully saturated rings. The average molecular weight is 212 g/mol. The maximum atomic E-state index is 11.7. The molecule has 1 saturated carbocycles. The third-order valence-electron chi connectivity index (χ3n) is 3.60. The second-order valence-electron chi connectivity index (χ2n) is 4.49. The van der Waals surface area contributed by atoms with Gasteiger partial charge in [-0.15, -0.1) is 0 Å². The molecule has 0 aromatic carbocycles. The van der Waals surface area contributed by atoms with Crippen molar-refractivity contribution < 1.29 is 14.3 Å². The van der Waals surface area contributed by atoms with Crippen LogP contribution in [0.3, 0.4) is 0 Å². The van der Waals surface area contributed by atoms with Crippen molar-refractivity contribution in [3.8, 4) is 0 Å². The van der Waals surface area contributed by atoms with Gasteiger partial charge < -0.3 is 4.74 Å². The molecule has 0 aromatic heterocycles. The number of methoxy groups -OCH3 is 1. The Morgan fingerprint density at radius 2 is 2.07 bits per heavy atom. The van der Waals surface area contributed by atoms with Gasteiger partial charge in [-0.05, 0) is 18.8 Å². The summed E-state index contributed by atoms with van der Waals surface area (Å²) in [6.07, 6.45) is 3.73. The van der Waals surface area contributed by atoms with Gasteiger partial charge in [0.2, 0.25) is 0 Å². The highest BCUT2D eigenvalue weighted by molar-refractivity contribution is 5.83. The minimum atomic E-state index is -0.208. The fourth-order valence-electron chi connectivity index (χ4n) is 2.31. The molecule has 86 valence electrons. The van der Waals surface area contributed by atoms with Crippen molar-refractivity contribution in [3.63, 3.8) is 0 Å². The minimum absolute atomic E-state index is 0.0628. The van der Waals surface area contributed by atoms with Gasteiger partial charge >= 0.3 is 5.97 Å². The third kappa shape index (κ3) is 2.80. The summed E-state index contributed by atoms with van der Waals surface area (Å²) in [5, 5.41) is 0. The third-order valence-corrected chi connectivity index (χ3v) is 3.60. The summed E-state index contributed by atoms with van der Waals surface area (Å²) >= 11 is 0. The van der Waals surface area contributed by atoms with Crippen molar-refractivity contribution in [2.75, 3.05) is 7.11 Å². The Morgan fingerprint density at radius 1 is 1.40 bits per heavy atom. The molecule has 1 aliphatic carbocycles. The van der Waals surface area contributed by atoms with E-state index in [0.717, 1.165) is 19.3 Å². The molecular weight excluding hydrogens is 192 g/mol. The summed E-state index contributed by atoms with van der Waals surface area (Å²) in [6, 6.07) is 0. The zero-order valence-corrected chi connectivity index (χ0v) is 9.79. The van der Waals surface area contributed by atoms with Crippen molar-refractivity contribution in [3.05, 3.63) is 0 Å². The molecule has 3 atom stereocenters. The normalized spacial score (nSPS) is 25.8. The monoisotopic (exact) mass is 212 g/mol. The molecule has 1 rings (SSSR count). The van der Waals surface area contributed by atoms with E-state index in [0.29, 0.717) is 12.2 Å². The van der Waals surface area contributed by atoms with Gasteiger partial charge in [-0.2, -0.15) is 0 Å². The molecule has 3 nitrogen and oxygen atoms in total. The highest BCUT2D eigenvalue weighted by atomic mass is 16.5. The van der Waals surface area contributed by atoms with E-state index in [2.05, 4.69) is 0 Å². The molecule has 0 aliphatic heterocycles. The zero-order chi connectivity index (χ0) is 11.4. The van der Waals surface area contributed by atoms with Crippen LogP contribution in [0.5, 0.6) is 0 Å². The Morgan fingerprint density at radius 3 is 2.60 bits per heavy atom. The second-order valence-corrected chi connectivity index (χ2v) is 4.49. The predicted molar refractivity (Wildman–Crippen MR) is 57.3 cm³/mol. The molecule has 3 heteroatoms. The highest BCUT2D eigenvalue weighted by Gasteiger charge is 2.33. The Balaban J connectivity index is 2.61. The predicted octanol–water partition coefficient (Wildman–Crippen LogP) is 2.19. The van der Waals surface area contributed by atoms with Crippen LogP contribution in [0.15, 0.2) is 0 Å². The van der Waals surface area contributed by atoms with E-state index in [1.807, 2.05) is 13.8 Å². The van der Waals surface area contributed by atoms with Gasteiger partial charge in [-0.25, -0.2) is 0 Å². The first-order chi connectivity index (χ1) is 7.07. The van der Waals surface area contributed by atoms with Gasteiger partial charge in [-0.3, -0.25) is 9.59 Å². The first-order valence-corrected chi connectivity index (χ1v) is 5.68. The zero-order valence-electron chi connectivity index (χ0n) is 9.79. The summed E-state index contributed by atoms with van der Waals surface area (Å²) in [6.45, 7) is 3.83. The number of carbonyl (C=O) groups excluding carboxylic acids is 2. The number of hydrogen-bond acceptors (Lipinski definition) is 3. The van der Waals surface area contributed by atoms with Crippen LogP contribution in [0, 0.1) is 17.8 Å². The van der Waals surface area contributed by atoms with Crippen LogP contribution < -0.4 is 0 Å². The molecule has 0 heterocycles. The Bertz CT molecular complexity index is 247. The van der Waals surface area contributed by atoms with E-state index in [9.17, 15) is 9.59 Å². The summed E-state index contributed by atoms with van der Waals surface area (Å²) < 4.78 is 4.71. The van der Waals surface area contributed by atoms with E-state index < -0.39 is 0 Å². The van der Waals surface area contributed by atoms with E-state index in [1.165, 1.54) is 7.11 Å². The minimum Gasteiger partial charge on any atom is -0.469 e. The Hall–Kier alpha value is -0.860. The molecule has 1 aliphatic rings. The van der Waals surface area contributed by atoms with Crippen molar-refractivity contribution in [2.45, 2.75) is 39.5 Å². The summed E-state index contributed by atoms with van der Waals surface area (Å²) in [7, 11) is 1.40. The number of hydrogen-bond donors (Lipinski definition) is 0. The lowest BCUT2D eigenvalue weighted by molar-refractivity contribution is -0.148. The van der Waals surface area contributed by atoms with Crippen LogP contribution in [0.4, 0.5) is 0 Å². The van der Waals surface area contributed by atoms with E-state index >= 15 is 0 Å². The Kier molecular flexibility index (Phi) is 4.30. The van der Waals surface area contributed by atoms with Crippen molar-refractivity contribution in [1.82, 2.24) is 0 Å². The molecule has 0 bridgehead atoms. The summed E-state index contributed by atoms with van der Waals surface area (Å²) in [4.78, 5) is 23.1. The van der Waals surface area contributed by atoms with E-state index in [-0.39, 0.29) is 23.7 Å². The fourth-order valence-corrected chi connectivity index (χ4v) is 2.31. The molecule has 0 spiro atoms. The molecule has 0 aromatic rings. The molecule has 0 saturated heterocycles. The topological polar surface area (TPSA) is 43.4 Å². The smallest absolute Gasteiger partial charge is 0.308 e. The van der Waals surface area contributed by atoms with Gasteiger partial charge in [-0.1, -0.05) is 20.3 Å². The van der Waals surface area contributed by atoms with Crippen LogP contribution >= 0.6 is 0 Å². The summed E-state index contributed by atoms with van der Waals surface area (Å²) in [5.74, 6) is 0.102. The SMILES string of the molecule is COC(=O)C(C)C(C)C1CCCCC1=O. The van der Waals surface area contributed by atoms with E-state index in [4.69, 9.17) is 4.74 Å². The number of ether oxygens (including phenoxy) is 1. The van der Waals surface area contributed by atoms with Crippen molar-refractivity contribution in [1.29, 1.82) is 0 Å². The van der Waals surface area contributed by atoms with Crippen LogP contribution in [-0.4, -0.2) is 18.9 Å². The first-order valence-electron chi connectivity index (χ1n) is 5.68.